The molecular formula is C20H14ClFN2O2. The number of furan rings is 1. The number of rotatable bonds is 2. The molecule has 130 valence electrons. The van der Waals surface area contributed by atoms with Crippen molar-refractivity contribution in [3.05, 3.63) is 88.6 Å². The topological polar surface area (TPSA) is 38.0 Å². The summed E-state index contributed by atoms with van der Waals surface area (Å²) in [5.74, 6) is 1.22. The molecule has 0 radical (unpaired) electrons. The molecule has 2 atom stereocenters. The highest BCUT2D eigenvalue weighted by Crippen LogP contribution is 2.48. The zero-order valence-electron chi connectivity index (χ0n) is 13.6. The summed E-state index contributed by atoms with van der Waals surface area (Å²) in [6, 6.07) is 15.6. The van der Waals surface area contributed by atoms with Crippen LogP contribution in [0.25, 0.3) is 0 Å². The number of fused-ring (bicyclic) bond motifs is 3. The normalized spacial score (nSPS) is 21.0. The molecule has 1 aromatic heterocycles. The lowest BCUT2D eigenvalue weighted by Crippen LogP contribution is -2.33. The minimum atomic E-state index is -0.443. The number of ether oxygens (including phenoxy) is 1. The smallest absolute Gasteiger partial charge is 0.213 e. The minimum Gasteiger partial charge on any atom is -0.464 e. The molecule has 26 heavy (non-hydrogen) atoms. The van der Waals surface area contributed by atoms with Crippen molar-refractivity contribution in [1.82, 2.24) is 5.01 Å². The standard InChI is InChI=1S/C20H14ClFN2O2/c21-13-5-8-18-15(10-13)17-11-16(19-2-1-9-25-19)23-24(17)20(26-18)12-3-6-14(22)7-4-12/h1-10,17,20H,11H2/t17-,20+/m1/s1. The monoisotopic (exact) mass is 368 g/mol. The van der Waals surface area contributed by atoms with Gasteiger partial charge in [0, 0.05) is 22.6 Å². The van der Waals surface area contributed by atoms with Crippen LogP contribution in [0.5, 0.6) is 5.75 Å². The number of hydrogen-bond acceptors (Lipinski definition) is 4. The Bertz CT molecular complexity index is 986. The van der Waals surface area contributed by atoms with Crippen LogP contribution in [0, 0.1) is 5.82 Å². The highest BCUT2D eigenvalue weighted by Gasteiger charge is 2.41. The van der Waals surface area contributed by atoms with Crippen LogP contribution >= 0.6 is 11.6 Å². The largest absolute Gasteiger partial charge is 0.464 e. The van der Waals surface area contributed by atoms with Crippen LogP contribution < -0.4 is 4.74 Å². The predicted molar refractivity (Wildman–Crippen MR) is 95.7 cm³/mol. The summed E-state index contributed by atoms with van der Waals surface area (Å²) in [7, 11) is 0. The van der Waals surface area contributed by atoms with E-state index in [1.807, 2.05) is 29.3 Å². The van der Waals surface area contributed by atoms with Gasteiger partial charge in [-0.25, -0.2) is 9.40 Å². The van der Waals surface area contributed by atoms with Crippen molar-refractivity contribution in [2.75, 3.05) is 0 Å². The van der Waals surface area contributed by atoms with Gasteiger partial charge in [0.1, 0.15) is 23.0 Å². The third-order valence-corrected chi connectivity index (χ3v) is 4.95. The number of halogens is 2. The van der Waals surface area contributed by atoms with Crippen LogP contribution in [0.1, 0.15) is 35.6 Å². The number of nitrogens with zero attached hydrogens (tertiary/aromatic N) is 2. The predicted octanol–water partition coefficient (Wildman–Crippen LogP) is 5.31. The van der Waals surface area contributed by atoms with E-state index in [1.54, 1.807) is 24.5 Å². The molecule has 0 saturated carbocycles. The van der Waals surface area contributed by atoms with Gasteiger partial charge in [-0.05, 0) is 42.5 Å². The zero-order valence-corrected chi connectivity index (χ0v) is 14.4. The first-order valence-corrected chi connectivity index (χ1v) is 8.68. The molecule has 2 aliphatic rings. The minimum absolute atomic E-state index is 0.0207. The molecule has 0 fully saturated rings. The average molecular weight is 369 g/mol. The van der Waals surface area contributed by atoms with Crippen molar-refractivity contribution in [3.63, 3.8) is 0 Å². The second kappa shape index (κ2) is 5.88. The maximum atomic E-state index is 13.3. The molecule has 5 rings (SSSR count). The molecular weight excluding hydrogens is 355 g/mol. The van der Waals surface area contributed by atoms with Gasteiger partial charge in [-0.15, -0.1) is 0 Å². The van der Waals surface area contributed by atoms with Gasteiger partial charge in [-0.2, -0.15) is 5.10 Å². The van der Waals surface area contributed by atoms with Crippen LogP contribution in [0.4, 0.5) is 4.39 Å². The first kappa shape index (κ1) is 15.5. The zero-order chi connectivity index (χ0) is 17.7. The molecule has 2 aromatic carbocycles. The summed E-state index contributed by atoms with van der Waals surface area (Å²) in [5.41, 5.74) is 2.67. The second-order valence-electron chi connectivity index (χ2n) is 6.33. The summed E-state index contributed by atoms with van der Waals surface area (Å²) in [5, 5.41) is 7.31. The van der Waals surface area contributed by atoms with Gasteiger partial charge in [0.05, 0.1) is 12.3 Å². The Morgan fingerprint density at radius 1 is 1.12 bits per heavy atom. The number of benzene rings is 2. The van der Waals surface area contributed by atoms with Crippen LogP contribution in [0.15, 0.2) is 70.4 Å². The summed E-state index contributed by atoms with van der Waals surface area (Å²) in [6.45, 7) is 0. The van der Waals surface area contributed by atoms with Gasteiger partial charge >= 0.3 is 0 Å². The van der Waals surface area contributed by atoms with Crippen molar-refractivity contribution in [2.45, 2.75) is 18.7 Å². The summed E-state index contributed by atoms with van der Waals surface area (Å²) < 4.78 is 25.1. The van der Waals surface area contributed by atoms with Crippen LogP contribution in [0.3, 0.4) is 0 Å². The molecule has 6 heteroatoms. The second-order valence-corrected chi connectivity index (χ2v) is 6.76. The Morgan fingerprint density at radius 2 is 1.96 bits per heavy atom. The molecule has 2 aliphatic heterocycles. The van der Waals surface area contributed by atoms with Crippen LogP contribution in [-0.2, 0) is 0 Å². The molecule has 0 bridgehead atoms. The van der Waals surface area contributed by atoms with Gasteiger partial charge in [-0.1, -0.05) is 23.7 Å². The Kier molecular flexibility index (Phi) is 3.50. The van der Waals surface area contributed by atoms with E-state index in [0.717, 1.165) is 28.3 Å². The van der Waals surface area contributed by atoms with E-state index in [4.69, 9.17) is 25.9 Å². The van der Waals surface area contributed by atoms with Crippen LogP contribution in [0.2, 0.25) is 5.02 Å². The molecule has 4 nitrogen and oxygen atoms in total. The van der Waals surface area contributed by atoms with Crippen molar-refractivity contribution < 1.29 is 13.5 Å². The van der Waals surface area contributed by atoms with Gasteiger partial charge in [0.15, 0.2) is 0 Å². The third-order valence-electron chi connectivity index (χ3n) is 4.71. The quantitative estimate of drug-likeness (QED) is 0.614. The molecule has 0 aliphatic carbocycles. The Hall–Kier alpha value is -2.79. The average Bonchev–Trinajstić information content (AvgIpc) is 3.32. The van der Waals surface area contributed by atoms with Gasteiger partial charge in [0.2, 0.25) is 6.23 Å². The first-order valence-electron chi connectivity index (χ1n) is 8.30. The van der Waals surface area contributed by atoms with Crippen molar-refractivity contribution >= 4 is 17.3 Å². The highest BCUT2D eigenvalue weighted by atomic mass is 35.5. The van der Waals surface area contributed by atoms with Gasteiger partial charge < -0.3 is 9.15 Å². The Balaban J connectivity index is 1.61. The SMILES string of the molecule is Fc1ccc([C@@H]2Oc3ccc(Cl)cc3[C@H]3CC(c4ccco4)=NN32)cc1. The first-order chi connectivity index (χ1) is 12.7. The van der Waals surface area contributed by atoms with E-state index in [1.165, 1.54) is 12.1 Å². The van der Waals surface area contributed by atoms with Crippen LogP contribution in [-0.4, -0.2) is 10.7 Å². The maximum absolute atomic E-state index is 13.3. The van der Waals surface area contributed by atoms with E-state index in [0.29, 0.717) is 11.4 Å². The summed E-state index contributed by atoms with van der Waals surface area (Å²) in [6.07, 6.45) is 1.87. The number of hydrazone groups is 1. The number of hydrogen-bond donors (Lipinski definition) is 0. The highest BCUT2D eigenvalue weighted by molar-refractivity contribution is 6.30. The van der Waals surface area contributed by atoms with E-state index >= 15 is 0 Å². The molecule has 0 unspecified atom stereocenters. The molecule has 0 saturated heterocycles. The Morgan fingerprint density at radius 3 is 2.73 bits per heavy atom. The maximum Gasteiger partial charge on any atom is 0.213 e. The lowest BCUT2D eigenvalue weighted by molar-refractivity contribution is -0.0190. The molecule has 0 spiro atoms. The molecule has 3 heterocycles. The lowest BCUT2D eigenvalue weighted by atomic mass is 9.97. The van der Waals surface area contributed by atoms with E-state index in [9.17, 15) is 4.39 Å². The molecule has 0 amide bonds. The fourth-order valence-electron chi connectivity index (χ4n) is 3.50. The fourth-order valence-corrected chi connectivity index (χ4v) is 3.68. The summed E-state index contributed by atoms with van der Waals surface area (Å²) >= 11 is 6.20. The van der Waals surface area contributed by atoms with Crippen molar-refractivity contribution in [1.29, 1.82) is 0 Å². The fraction of sp³-hybridized carbons (Fsp3) is 0.150. The third kappa shape index (κ3) is 2.47. The van der Waals surface area contributed by atoms with E-state index < -0.39 is 6.23 Å². The van der Waals surface area contributed by atoms with E-state index in [2.05, 4.69) is 0 Å². The lowest BCUT2D eigenvalue weighted by Gasteiger charge is -2.38. The van der Waals surface area contributed by atoms with Crippen molar-refractivity contribution in [2.24, 2.45) is 5.10 Å². The van der Waals surface area contributed by atoms with Gasteiger partial charge in [0.25, 0.3) is 0 Å². The molecule has 0 N–H and O–H groups in total. The van der Waals surface area contributed by atoms with E-state index in [-0.39, 0.29) is 11.9 Å². The molecule has 3 aromatic rings. The van der Waals surface area contributed by atoms with Gasteiger partial charge in [-0.3, -0.25) is 0 Å². The summed E-state index contributed by atoms with van der Waals surface area (Å²) in [4.78, 5) is 0. The Labute approximate surface area is 154 Å². The van der Waals surface area contributed by atoms with Crippen molar-refractivity contribution in [3.8, 4) is 5.75 Å².